The third kappa shape index (κ3) is 7.72. The summed E-state index contributed by atoms with van der Waals surface area (Å²) in [4.78, 5) is 36.9. The normalized spacial score (nSPS) is 11.6. The first kappa shape index (κ1) is 30.5. The van der Waals surface area contributed by atoms with Crippen molar-refractivity contribution in [2.24, 2.45) is 0 Å². The van der Waals surface area contributed by atoms with Gasteiger partial charge in [0.15, 0.2) is 5.69 Å². The van der Waals surface area contributed by atoms with E-state index in [-0.39, 0.29) is 11.3 Å². The van der Waals surface area contributed by atoms with Crippen LogP contribution < -0.4 is 10.6 Å². The second-order valence-electron chi connectivity index (χ2n) is 9.57. The van der Waals surface area contributed by atoms with Crippen LogP contribution in [0.4, 0.5) is 10.5 Å². The van der Waals surface area contributed by atoms with Gasteiger partial charge in [0.2, 0.25) is 5.91 Å². The smallest absolute Gasteiger partial charge is 0.411 e. The van der Waals surface area contributed by atoms with E-state index in [0.717, 1.165) is 5.56 Å². The van der Waals surface area contributed by atoms with Crippen molar-refractivity contribution in [2.45, 2.75) is 12.5 Å². The number of aromatic carboxylic acids is 1. The summed E-state index contributed by atoms with van der Waals surface area (Å²) >= 11 is 6.21. The molecular weight excluding hydrogens is 600 g/mol. The van der Waals surface area contributed by atoms with Crippen molar-refractivity contribution in [3.05, 3.63) is 119 Å². The van der Waals surface area contributed by atoms with Gasteiger partial charge in [0.05, 0.1) is 24.5 Å². The molecule has 0 radical (unpaired) electrons. The first-order valence-corrected chi connectivity index (χ1v) is 13.8. The molecule has 226 valence electrons. The Labute approximate surface area is 261 Å². The maximum absolute atomic E-state index is 13.3. The number of carbonyl (C=O) groups excluding carboxylic acids is 2. The summed E-state index contributed by atoms with van der Waals surface area (Å²) in [5, 5.41) is 35.3. The molecule has 0 unspecified atom stereocenters. The fourth-order valence-electron chi connectivity index (χ4n) is 4.46. The number of benzene rings is 3. The standard InChI is InChI=1S/C31H25ClN8O5/c1-45-31(44)34-23-11-7-20(8-12-23)24-17-26(36-37-29(24)30(42)43)25(15-19-5-3-2-4-6-19)35-28(41)14-9-21-16-22(32)10-13-27(21)40-18-33-38-39-40/h2-14,16-18,25H,15H2,1H3,(H,34,44)(H,35,41)(H,42,43)/b14-9+/t25-/m0/s1. The van der Waals surface area contributed by atoms with Gasteiger partial charge in [-0.25, -0.2) is 9.59 Å². The summed E-state index contributed by atoms with van der Waals surface area (Å²) in [6, 6.07) is 21.9. The largest absolute Gasteiger partial charge is 0.476 e. The zero-order valence-electron chi connectivity index (χ0n) is 23.7. The van der Waals surface area contributed by atoms with E-state index < -0.39 is 24.0 Å². The van der Waals surface area contributed by atoms with E-state index in [4.69, 9.17) is 11.6 Å². The predicted molar refractivity (Wildman–Crippen MR) is 165 cm³/mol. The molecule has 1 atom stereocenters. The molecule has 0 aliphatic carbocycles. The Kier molecular flexibility index (Phi) is 9.50. The number of hydrogen-bond acceptors (Lipinski definition) is 9. The highest BCUT2D eigenvalue weighted by atomic mass is 35.5. The van der Waals surface area contributed by atoms with Crippen molar-refractivity contribution in [3.63, 3.8) is 0 Å². The first-order chi connectivity index (χ1) is 21.8. The van der Waals surface area contributed by atoms with Crippen molar-refractivity contribution in [1.82, 2.24) is 35.7 Å². The third-order valence-corrected chi connectivity index (χ3v) is 6.83. The number of aromatic nitrogens is 6. The van der Waals surface area contributed by atoms with Crippen molar-refractivity contribution in [1.29, 1.82) is 0 Å². The molecule has 0 bridgehead atoms. The van der Waals surface area contributed by atoms with Gasteiger partial charge in [0, 0.05) is 27.9 Å². The minimum absolute atomic E-state index is 0.270. The molecule has 0 fully saturated rings. The van der Waals surface area contributed by atoms with Crippen LogP contribution in [0.15, 0.2) is 91.3 Å². The lowest BCUT2D eigenvalue weighted by atomic mass is 9.98. The molecule has 3 aromatic carbocycles. The number of tetrazole rings is 1. The van der Waals surface area contributed by atoms with Crippen LogP contribution in [0, 0.1) is 0 Å². The molecule has 3 N–H and O–H groups in total. The van der Waals surface area contributed by atoms with Gasteiger partial charge < -0.3 is 15.2 Å². The minimum Gasteiger partial charge on any atom is -0.476 e. The van der Waals surface area contributed by atoms with Gasteiger partial charge >= 0.3 is 12.1 Å². The zero-order valence-corrected chi connectivity index (χ0v) is 24.4. The van der Waals surface area contributed by atoms with Crippen molar-refractivity contribution < 1.29 is 24.2 Å². The molecule has 2 aromatic heterocycles. The van der Waals surface area contributed by atoms with E-state index in [1.165, 1.54) is 24.2 Å². The minimum atomic E-state index is -1.27. The lowest BCUT2D eigenvalue weighted by Gasteiger charge is -2.19. The number of ether oxygens (including phenoxy) is 1. The van der Waals surface area contributed by atoms with Crippen LogP contribution in [-0.4, -0.2) is 60.6 Å². The molecule has 14 heteroatoms. The van der Waals surface area contributed by atoms with Crippen molar-refractivity contribution in [3.8, 4) is 16.8 Å². The summed E-state index contributed by atoms with van der Waals surface area (Å²) in [7, 11) is 1.25. The highest BCUT2D eigenvalue weighted by molar-refractivity contribution is 6.30. The lowest BCUT2D eigenvalue weighted by molar-refractivity contribution is -0.117. The molecule has 0 spiro atoms. The summed E-state index contributed by atoms with van der Waals surface area (Å²) in [6.07, 6.45) is 4.07. The molecule has 0 saturated heterocycles. The maximum atomic E-state index is 13.3. The van der Waals surface area contributed by atoms with Gasteiger partial charge in [0.1, 0.15) is 6.33 Å². The lowest BCUT2D eigenvalue weighted by Crippen LogP contribution is -2.29. The van der Waals surface area contributed by atoms with Crippen LogP contribution in [0.1, 0.15) is 33.4 Å². The Morgan fingerprint density at radius 1 is 1.02 bits per heavy atom. The average Bonchev–Trinajstić information content (AvgIpc) is 3.59. The van der Waals surface area contributed by atoms with Gasteiger partial charge in [-0.1, -0.05) is 54.1 Å². The van der Waals surface area contributed by atoms with Crippen molar-refractivity contribution >= 4 is 41.3 Å². The highest BCUT2D eigenvalue weighted by Gasteiger charge is 2.22. The van der Waals surface area contributed by atoms with Gasteiger partial charge in [-0.3, -0.25) is 10.1 Å². The van der Waals surface area contributed by atoms with E-state index in [1.807, 2.05) is 30.3 Å². The Bertz CT molecular complexity index is 1850. The average molecular weight is 625 g/mol. The molecule has 45 heavy (non-hydrogen) atoms. The van der Waals surface area contributed by atoms with E-state index in [9.17, 15) is 19.5 Å². The molecule has 2 amide bonds. The van der Waals surface area contributed by atoms with E-state index >= 15 is 0 Å². The van der Waals surface area contributed by atoms with Crippen LogP contribution in [0.5, 0.6) is 0 Å². The molecule has 2 heterocycles. The van der Waals surface area contributed by atoms with Crippen molar-refractivity contribution in [2.75, 3.05) is 12.4 Å². The van der Waals surface area contributed by atoms with Crippen LogP contribution in [0.25, 0.3) is 22.9 Å². The molecule has 5 aromatic rings. The quantitative estimate of drug-likeness (QED) is 0.184. The number of nitrogens with zero attached hydrogens (tertiary/aromatic N) is 6. The molecule has 13 nitrogen and oxygen atoms in total. The molecule has 0 aliphatic heterocycles. The summed E-state index contributed by atoms with van der Waals surface area (Å²) in [5.41, 5.74) is 3.44. The van der Waals surface area contributed by atoms with E-state index in [1.54, 1.807) is 54.6 Å². The number of carboxylic acid groups (broad SMARTS) is 1. The SMILES string of the molecule is COC(=O)Nc1ccc(-c2cc([C@H](Cc3ccccc3)NC(=O)/C=C/c3cc(Cl)ccc3-n3cnnn3)nnc2C(=O)O)cc1. The Hall–Kier alpha value is -5.95. The number of anilines is 1. The number of carbonyl (C=O) groups is 3. The Morgan fingerprint density at radius 3 is 2.49 bits per heavy atom. The van der Waals surface area contributed by atoms with Gasteiger partial charge in [-0.05, 0) is 70.4 Å². The molecule has 0 saturated carbocycles. The van der Waals surface area contributed by atoms with E-state index in [2.05, 4.69) is 41.1 Å². The molecule has 5 rings (SSSR count). The zero-order chi connectivity index (χ0) is 31.8. The second kappa shape index (κ2) is 14.0. The third-order valence-electron chi connectivity index (χ3n) is 6.60. The topological polar surface area (TPSA) is 174 Å². The highest BCUT2D eigenvalue weighted by Crippen LogP contribution is 2.28. The van der Waals surface area contributed by atoms with Crippen LogP contribution >= 0.6 is 11.6 Å². The van der Waals surface area contributed by atoms with Crippen LogP contribution in [-0.2, 0) is 16.0 Å². The number of carboxylic acids is 1. The Morgan fingerprint density at radius 2 is 1.80 bits per heavy atom. The summed E-state index contributed by atoms with van der Waals surface area (Å²) in [5.74, 6) is -1.71. The fraction of sp³-hybridized carbons (Fsp3) is 0.0968. The number of halogens is 1. The monoisotopic (exact) mass is 624 g/mol. The van der Waals surface area contributed by atoms with Gasteiger partial charge in [-0.15, -0.1) is 10.2 Å². The van der Waals surface area contributed by atoms with Gasteiger partial charge in [0.25, 0.3) is 0 Å². The number of hydrogen-bond donors (Lipinski definition) is 3. The summed E-state index contributed by atoms with van der Waals surface area (Å²) in [6.45, 7) is 0. The summed E-state index contributed by atoms with van der Waals surface area (Å²) < 4.78 is 6.06. The number of rotatable bonds is 10. The fourth-order valence-corrected chi connectivity index (χ4v) is 4.64. The van der Waals surface area contributed by atoms with Crippen LogP contribution in [0.2, 0.25) is 5.02 Å². The van der Waals surface area contributed by atoms with Crippen LogP contribution in [0.3, 0.4) is 0 Å². The molecule has 0 aliphatic rings. The number of amides is 2. The number of nitrogens with one attached hydrogen (secondary N) is 2. The maximum Gasteiger partial charge on any atom is 0.411 e. The number of methoxy groups -OCH3 is 1. The second-order valence-corrected chi connectivity index (χ2v) is 10.0. The van der Waals surface area contributed by atoms with E-state index in [0.29, 0.717) is 39.6 Å². The Balaban J connectivity index is 1.46. The molecular formula is C31H25ClN8O5. The first-order valence-electron chi connectivity index (χ1n) is 13.4. The predicted octanol–water partition coefficient (Wildman–Crippen LogP) is 4.76. The van der Waals surface area contributed by atoms with Gasteiger partial charge in [-0.2, -0.15) is 9.78 Å².